The van der Waals surface area contributed by atoms with Crippen LogP contribution in [0.25, 0.3) is 11.2 Å². The lowest BCUT2D eigenvalue weighted by atomic mass is 9.97. The molecule has 2 aliphatic rings. The summed E-state index contributed by atoms with van der Waals surface area (Å²) in [4.78, 5) is 51.5. The molecule has 8 atom stereocenters. The molecule has 3 aromatic rings. The van der Waals surface area contributed by atoms with E-state index in [1.807, 2.05) is 0 Å². The Labute approximate surface area is 288 Å². The highest BCUT2D eigenvalue weighted by Gasteiger charge is 2.51. The topological polar surface area (TPSA) is 264 Å². The van der Waals surface area contributed by atoms with Gasteiger partial charge in [0.25, 0.3) is 5.56 Å². The molecule has 5 heterocycles. The van der Waals surface area contributed by atoms with Crippen molar-refractivity contribution in [2.45, 2.75) is 63.2 Å². The fourth-order valence-electron chi connectivity index (χ4n) is 5.38. The second kappa shape index (κ2) is 16.0. The number of nitrogen functional groups attached to an aromatic ring is 1. The van der Waals surface area contributed by atoms with E-state index in [1.165, 1.54) is 33.1 Å². The number of esters is 1. The third-order valence-electron chi connectivity index (χ3n) is 8.06. The molecule has 50 heavy (non-hydrogen) atoms. The molecule has 0 radical (unpaired) electrons. The number of hydrogen-bond donors (Lipinski definition) is 4. The fraction of sp³-hybridized carbons (Fsp3) is 0.643. The van der Waals surface area contributed by atoms with E-state index in [4.69, 9.17) is 38.5 Å². The van der Waals surface area contributed by atoms with Crippen LogP contribution in [-0.2, 0) is 42.1 Å². The average molecular weight is 746 g/mol. The molecule has 0 unspecified atom stereocenters. The van der Waals surface area contributed by atoms with Gasteiger partial charge in [-0.25, -0.2) is 24.3 Å². The Kier molecular flexibility index (Phi) is 12.1. The number of imidazole rings is 1. The summed E-state index contributed by atoms with van der Waals surface area (Å²) >= 11 is 0.687. The zero-order valence-corrected chi connectivity index (χ0v) is 29.4. The minimum absolute atomic E-state index is 0.0200. The summed E-state index contributed by atoms with van der Waals surface area (Å²) in [6.45, 7) is -2.18. The number of H-pyrrole nitrogens is 1. The first kappa shape index (κ1) is 38.0. The van der Waals surface area contributed by atoms with Gasteiger partial charge in [0.1, 0.15) is 42.5 Å². The van der Waals surface area contributed by atoms with Crippen LogP contribution in [-0.4, -0.2) is 122 Å². The zero-order valence-electron chi connectivity index (χ0n) is 27.6. The van der Waals surface area contributed by atoms with Crippen molar-refractivity contribution in [3.63, 3.8) is 0 Å². The number of nitrogens with two attached hydrogens (primary N) is 1. The Morgan fingerprint density at radius 2 is 1.94 bits per heavy atom. The molecular weight excluding hydrogens is 705 g/mol. The minimum Gasteiger partial charge on any atom is -0.469 e. The molecule has 22 heteroatoms. The van der Waals surface area contributed by atoms with E-state index < -0.39 is 85.6 Å². The fourth-order valence-corrected chi connectivity index (χ4v) is 9.39. The number of hydrogen-bond acceptors (Lipinski definition) is 18. The molecule has 5 rings (SSSR count). The quantitative estimate of drug-likeness (QED) is 0.0852. The number of carbonyl (C=O) groups excluding carboxylic acids is 1. The van der Waals surface area contributed by atoms with Gasteiger partial charge in [0.15, 0.2) is 17.7 Å². The first-order chi connectivity index (χ1) is 23.8. The van der Waals surface area contributed by atoms with E-state index in [2.05, 4.69) is 19.9 Å². The molecule has 0 saturated carbocycles. The molecule has 3 aromatic heterocycles. The summed E-state index contributed by atoms with van der Waals surface area (Å²) in [5, 5.41) is 21.2. The molecule has 2 saturated heterocycles. The molecule has 5 N–H and O–H groups in total. The van der Waals surface area contributed by atoms with E-state index >= 15 is 0 Å². The van der Waals surface area contributed by atoms with Crippen molar-refractivity contribution in [1.82, 2.24) is 29.1 Å². The number of carbonyl (C=O) groups is 1. The van der Waals surface area contributed by atoms with Gasteiger partial charge in [-0.2, -0.15) is 0 Å². The van der Waals surface area contributed by atoms with Crippen LogP contribution < -0.4 is 17.0 Å². The van der Waals surface area contributed by atoms with Crippen LogP contribution in [0.4, 0.5) is 5.82 Å². The third kappa shape index (κ3) is 8.28. The molecular formula is C28H40N7O13PS. The number of aliphatic hydroxyl groups is 2. The van der Waals surface area contributed by atoms with Crippen LogP contribution in [0.5, 0.6) is 0 Å². The standard InChI is InChI=1S/C28H40N7O13PS/c1-28(2,26(39)43-4)12-50-49(41,45-11-17-15(37)9-19(46-17)35-14-32-20-23(29)30-13-31-24(20)35)48-21-16(10-36)47-25(22(21)44-8-7-42-3)34-6-5-18(38)33-27(34)40/h5-6,13-17,19,21-22,25,36-37H,7-12H2,1-4H3,(H2,29,30,31)(H,33,38,40)/t15-,16+,17+,19+,21+,22+,25+,49-/m0/s1. The third-order valence-corrected chi connectivity index (χ3v) is 12.1. The van der Waals surface area contributed by atoms with E-state index in [9.17, 15) is 29.2 Å². The predicted octanol–water partition coefficient (Wildman–Crippen LogP) is -0.0293. The highest BCUT2D eigenvalue weighted by Crippen LogP contribution is 2.64. The van der Waals surface area contributed by atoms with Crippen LogP contribution in [0, 0.1) is 5.41 Å². The van der Waals surface area contributed by atoms with Crippen LogP contribution in [0.3, 0.4) is 0 Å². The number of ether oxygens (including phenoxy) is 5. The van der Waals surface area contributed by atoms with E-state index in [0.29, 0.717) is 22.5 Å². The molecule has 0 aliphatic carbocycles. The van der Waals surface area contributed by atoms with Gasteiger partial charge in [-0.3, -0.25) is 32.8 Å². The van der Waals surface area contributed by atoms with E-state index in [1.54, 1.807) is 18.4 Å². The lowest BCUT2D eigenvalue weighted by Crippen LogP contribution is -2.41. The van der Waals surface area contributed by atoms with Gasteiger partial charge >= 0.3 is 18.5 Å². The molecule has 0 aromatic carbocycles. The van der Waals surface area contributed by atoms with Crippen LogP contribution in [0.2, 0.25) is 0 Å². The molecule has 0 bridgehead atoms. The highest BCUT2D eigenvalue weighted by atomic mass is 32.7. The van der Waals surface area contributed by atoms with Crippen LogP contribution in [0.15, 0.2) is 34.5 Å². The summed E-state index contributed by atoms with van der Waals surface area (Å²) in [7, 11) is 2.68. The number of fused-ring (bicyclic) bond motifs is 1. The van der Waals surface area contributed by atoms with Gasteiger partial charge in [0.05, 0.1) is 51.4 Å². The number of aromatic amines is 1. The number of rotatable bonds is 16. The molecule has 0 spiro atoms. The average Bonchev–Trinajstić information content (AvgIpc) is 3.78. The zero-order chi connectivity index (χ0) is 36.2. The largest absolute Gasteiger partial charge is 0.469 e. The minimum atomic E-state index is -4.37. The number of nitrogens with zero attached hydrogens (tertiary/aromatic N) is 5. The maximum Gasteiger partial charge on any atom is 0.389 e. The lowest BCUT2D eigenvalue weighted by molar-refractivity contribution is -0.149. The van der Waals surface area contributed by atoms with Crippen molar-refractivity contribution < 1.29 is 52.3 Å². The van der Waals surface area contributed by atoms with Gasteiger partial charge in [-0.05, 0) is 25.2 Å². The first-order valence-corrected chi connectivity index (χ1v) is 18.5. The van der Waals surface area contributed by atoms with Crippen LogP contribution in [0.1, 0.15) is 32.7 Å². The van der Waals surface area contributed by atoms with Crippen molar-refractivity contribution in [2.75, 3.05) is 52.1 Å². The predicted molar refractivity (Wildman–Crippen MR) is 175 cm³/mol. The Morgan fingerprint density at radius 1 is 1.16 bits per heavy atom. The first-order valence-electron chi connectivity index (χ1n) is 15.4. The number of nitrogens with one attached hydrogen (secondary N) is 1. The van der Waals surface area contributed by atoms with Crippen molar-refractivity contribution in [1.29, 1.82) is 0 Å². The Bertz CT molecular complexity index is 1800. The number of aliphatic hydroxyl groups excluding tert-OH is 2. The summed E-state index contributed by atoms with van der Waals surface area (Å²) in [5.41, 5.74) is 4.03. The van der Waals surface area contributed by atoms with Gasteiger partial charge < -0.3 is 39.6 Å². The monoisotopic (exact) mass is 745 g/mol. The van der Waals surface area contributed by atoms with Gasteiger partial charge in [0.2, 0.25) is 0 Å². The van der Waals surface area contributed by atoms with Crippen molar-refractivity contribution >= 4 is 41.1 Å². The highest BCUT2D eigenvalue weighted by molar-refractivity contribution is 8.55. The normalized spacial score (nSPS) is 26.7. The van der Waals surface area contributed by atoms with Crippen LogP contribution >= 0.6 is 18.2 Å². The second-order valence-corrected chi connectivity index (χ2v) is 16.1. The summed E-state index contributed by atoms with van der Waals surface area (Å²) in [6.07, 6.45) is -3.73. The molecule has 0 amide bonds. The van der Waals surface area contributed by atoms with Gasteiger partial charge in [0, 0.05) is 31.5 Å². The number of aromatic nitrogens is 6. The lowest BCUT2D eigenvalue weighted by Gasteiger charge is -2.30. The molecule has 2 aliphatic heterocycles. The molecule has 2 fully saturated rings. The van der Waals surface area contributed by atoms with Crippen molar-refractivity contribution in [2.24, 2.45) is 5.41 Å². The summed E-state index contributed by atoms with van der Waals surface area (Å²) in [6, 6.07) is 1.10. The summed E-state index contributed by atoms with van der Waals surface area (Å²) < 4.78 is 57.4. The molecule has 276 valence electrons. The Hall–Kier alpha value is -3.24. The van der Waals surface area contributed by atoms with Crippen molar-refractivity contribution in [3.05, 3.63) is 45.8 Å². The van der Waals surface area contributed by atoms with E-state index in [-0.39, 0.29) is 31.2 Å². The number of anilines is 1. The number of methoxy groups -OCH3 is 2. The van der Waals surface area contributed by atoms with Gasteiger partial charge in [-0.15, -0.1) is 0 Å². The maximum atomic E-state index is 14.7. The van der Waals surface area contributed by atoms with Gasteiger partial charge in [-0.1, -0.05) is 0 Å². The summed E-state index contributed by atoms with van der Waals surface area (Å²) in [5.74, 6) is -0.515. The van der Waals surface area contributed by atoms with Crippen molar-refractivity contribution in [3.8, 4) is 0 Å². The molecule has 20 nitrogen and oxygen atoms in total. The Balaban J connectivity index is 1.40. The SMILES string of the molecule is COCCO[C@@H]1[C@H](O[P@](=O)(OC[C@H]2O[C@@H](n3cnc4c(N)ncnc43)C[C@@H]2O)SCC(C)(C)C(=O)OC)[C@@H](CO)O[C@H]1n1ccc(=O)[nH]c1=O. The second-order valence-electron chi connectivity index (χ2n) is 12.1. The smallest absolute Gasteiger partial charge is 0.389 e. The maximum absolute atomic E-state index is 14.7. The Morgan fingerprint density at radius 3 is 2.64 bits per heavy atom. The van der Waals surface area contributed by atoms with E-state index in [0.717, 1.165) is 10.6 Å².